The molecule has 0 saturated heterocycles. The molecule has 0 amide bonds. The van der Waals surface area contributed by atoms with Gasteiger partial charge in [0, 0.05) is 11.1 Å². The summed E-state index contributed by atoms with van der Waals surface area (Å²) in [6.07, 6.45) is 0. The van der Waals surface area contributed by atoms with Crippen molar-refractivity contribution >= 4 is 43.2 Å². The van der Waals surface area contributed by atoms with E-state index < -0.39 is 10.0 Å². The van der Waals surface area contributed by atoms with Crippen molar-refractivity contribution in [2.24, 2.45) is 0 Å². The molecule has 0 aliphatic rings. The summed E-state index contributed by atoms with van der Waals surface area (Å²) in [6.45, 7) is 4.16. The Morgan fingerprint density at radius 2 is 1.77 bits per heavy atom. The van der Waals surface area contributed by atoms with E-state index in [9.17, 15) is 13.2 Å². The Hall–Kier alpha value is -2.45. The number of hydrogen-bond donors (Lipinski definition) is 1. The molecule has 4 aromatic rings. The molecule has 5 nitrogen and oxygen atoms in total. The summed E-state index contributed by atoms with van der Waals surface area (Å²) in [7, 11) is -3.75. The van der Waals surface area contributed by atoms with Gasteiger partial charge in [-0.2, -0.15) is 0 Å². The quantitative estimate of drug-likeness (QED) is 0.424. The maximum Gasteiger partial charge on any atom is 0.308 e. The van der Waals surface area contributed by atoms with Crippen LogP contribution in [-0.4, -0.2) is 13.0 Å². The van der Waals surface area contributed by atoms with Gasteiger partial charge in [0.25, 0.3) is 0 Å². The van der Waals surface area contributed by atoms with Gasteiger partial charge in [0.1, 0.15) is 0 Å². The third-order valence-electron chi connectivity index (χ3n) is 5.19. The maximum atomic E-state index is 13.0. The number of rotatable bonds is 6. The van der Waals surface area contributed by atoms with Crippen LogP contribution >= 0.6 is 22.9 Å². The average Bonchev–Trinajstić information content (AvgIpc) is 3.04. The Balaban J connectivity index is 1.64. The highest BCUT2D eigenvalue weighted by atomic mass is 35.5. The predicted molar refractivity (Wildman–Crippen MR) is 127 cm³/mol. The number of fused-ring (bicyclic) bond motifs is 1. The highest BCUT2D eigenvalue weighted by molar-refractivity contribution is 7.89. The van der Waals surface area contributed by atoms with Crippen LogP contribution in [-0.2, 0) is 16.6 Å². The minimum atomic E-state index is -3.75. The molecule has 3 aromatic carbocycles. The fraction of sp³-hybridized carbons (Fsp3) is 0.174. The van der Waals surface area contributed by atoms with E-state index in [-0.39, 0.29) is 15.8 Å². The van der Waals surface area contributed by atoms with E-state index >= 15 is 0 Å². The molecule has 0 saturated carbocycles. The summed E-state index contributed by atoms with van der Waals surface area (Å²) in [5.74, 6) is 0. The van der Waals surface area contributed by atoms with E-state index in [1.165, 1.54) is 0 Å². The molecule has 0 fully saturated rings. The van der Waals surface area contributed by atoms with Crippen molar-refractivity contribution < 1.29 is 8.42 Å². The lowest BCUT2D eigenvalue weighted by Gasteiger charge is -2.17. The minimum absolute atomic E-state index is 0.138. The number of nitrogens with one attached hydrogen (secondary N) is 1. The van der Waals surface area contributed by atoms with Crippen LogP contribution in [0.25, 0.3) is 10.2 Å². The number of sulfonamides is 1. The number of aryl methyl sites for hydroxylation is 1. The first kappa shape index (κ1) is 21.8. The highest BCUT2D eigenvalue weighted by Gasteiger charge is 2.21. The minimum Gasteiger partial charge on any atom is -0.294 e. The molecule has 1 heterocycles. The molecule has 8 heteroatoms. The van der Waals surface area contributed by atoms with Crippen molar-refractivity contribution in [3.63, 3.8) is 0 Å². The lowest BCUT2D eigenvalue weighted by atomic mass is 10.0. The molecule has 0 aliphatic carbocycles. The van der Waals surface area contributed by atoms with Crippen LogP contribution in [0.1, 0.15) is 29.7 Å². The number of benzene rings is 3. The summed E-state index contributed by atoms with van der Waals surface area (Å²) in [5.41, 5.74) is 3.59. The fourth-order valence-electron chi connectivity index (χ4n) is 3.57. The summed E-state index contributed by atoms with van der Waals surface area (Å²) in [6, 6.07) is 19.4. The van der Waals surface area contributed by atoms with Crippen molar-refractivity contribution in [1.29, 1.82) is 0 Å². The van der Waals surface area contributed by atoms with E-state index in [2.05, 4.69) is 4.72 Å². The second-order valence-corrected chi connectivity index (χ2v) is 10.6. The van der Waals surface area contributed by atoms with E-state index in [4.69, 9.17) is 11.6 Å². The zero-order valence-electron chi connectivity index (χ0n) is 17.0. The van der Waals surface area contributed by atoms with Gasteiger partial charge in [-0.3, -0.25) is 9.36 Å². The number of aromatic nitrogens is 1. The third kappa shape index (κ3) is 4.60. The number of hydrogen-bond acceptors (Lipinski definition) is 4. The molecule has 4 rings (SSSR count). The lowest BCUT2D eigenvalue weighted by molar-refractivity contribution is 0.566. The third-order valence-corrected chi connectivity index (χ3v) is 7.92. The summed E-state index contributed by atoms with van der Waals surface area (Å²) >= 11 is 6.97. The normalized spacial score (nSPS) is 12.9. The van der Waals surface area contributed by atoms with Gasteiger partial charge in [-0.1, -0.05) is 59.3 Å². The summed E-state index contributed by atoms with van der Waals surface area (Å²) in [4.78, 5) is 12.6. The Morgan fingerprint density at radius 3 is 2.48 bits per heavy atom. The van der Waals surface area contributed by atoms with Crippen molar-refractivity contribution in [3.05, 3.63) is 98.1 Å². The topological polar surface area (TPSA) is 68.2 Å². The first-order chi connectivity index (χ1) is 14.7. The van der Waals surface area contributed by atoms with Crippen LogP contribution in [0.3, 0.4) is 0 Å². The van der Waals surface area contributed by atoms with E-state index in [1.54, 1.807) is 34.9 Å². The monoisotopic (exact) mass is 472 g/mol. The van der Waals surface area contributed by atoms with Gasteiger partial charge >= 0.3 is 4.87 Å². The van der Waals surface area contributed by atoms with Crippen LogP contribution in [0, 0.1) is 6.92 Å². The van der Waals surface area contributed by atoms with E-state index in [0.29, 0.717) is 21.8 Å². The Bertz CT molecular complexity index is 1410. The molecule has 0 aliphatic heterocycles. The van der Waals surface area contributed by atoms with Crippen molar-refractivity contribution in [1.82, 2.24) is 9.29 Å². The lowest BCUT2D eigenvalue weighted by Crippen LogP contribution is -2.27. The number of halogens is 1. The molecule has 0 spiro atoms. The molecule has 31 heavy (non-hydrogen) atoms. The Labute approximate surface area is 190 Å². The molecule has 1 N–H and O–H groups in total. The molecule has 0 radical (unpaired) electrons. The smallest absolute Gasteiger partial charge is 0.294 e. The standard InChI is InChI=1S/C23H21ClN2O3S2/c1-15-5-3-4-6-20(15)16(2)25-31(28,29)19-11-12-21-22(13-19)30-23(27)26(21)14-17-7-9-18(24)10-8-17/h3-13,16,25H,14H2,1-2H3/t16-/m0/s1. The first-order valence-electron chi connectivity index (χ1n) is 9.70. The fourth-order valence-corrected chi connectivity index (χ4v) is 5.95. The molecule has 1 aromatic heterocycles. The van der Waals surface area contributed by atoms with Gasteiger partial charge in [-0.15, -0.1) is 0 Å². The van der Waals surface area contributed by atoms with Crippen molar-refractivity contribution in [2.75, 3.05) is 0 Å². The van der Waals surface area contributed by atoms with E-state index in [0.717, 1.165) is 28.0 Å². The Kier molecular flexibility index (Phi) is 6.03. The van der Waals surface area contributed by atoms with Crippen LogP contribution < -0.4 is 9.60 Å². The average molecular weight is 473 g/mol. The SMILES string of the molecule is Cc1ccccc1[C@H](C)NS(=O)(=O)c1ccc2c(c1)sc(=O)n2Cc1ccc(Cl)cc1. The van der Waals surface area contributed by atoms with Crippen LogP contribution in [0.15, 0.2) is 76.4 Å². The molecular formula is C23H21ClN2O3S2. The van der Waals surface area contributed by atoms with Gasteiger partial charge < -0.3 is 0 Å². The molecule has 0 unspecified atom stereocenters. The van der Waals surface area contributed by atoms with Crippen LogP contribution in [0.2, 0.25) is 5.02 Å². The highest BCUT2D eigenvalue weighted by Crippen LogP contribution is 2.25. The second-order valence-electron chi connectivity index (χ2n) is 7.41. The molecule has 0 bridgehead atoms. The predicted octanol–water partition coefficient (Wildman–Crippen LogP) is 5.11. The number of nitrogens with zero attached hydrogens (tertiary/aromatic N) is 1. The van der Waals surface area contributed by atoms with Crippen molar-refractivity contribution in [2.45, 2.75) is 31.3 Å². The van der Waals surface area contributed by atoms with Gasteiger partial charge in [0.2, 0.25) is 10.0 Å². The van der Waals surface area contributed by atoms with E-state index in [1.807, 2.05) is 50.2 Å². The molecular weight excluding hydrogens is 452 g/mol. The van der Waals surface area contributed by atoms with Gasteiger partial charge in [0.05, 0.1) is 21.7 Å². The van der Waals surface area contributed by atoms with Crippen LogP contribution in [0.5, 0.6) is 0 Å². The first-order valence-corrected chi connectivity index (χ1v) is 12.4. The van der Waals surface area contributed by atoms with Gasteiger partial charge in [-0.25, -0.2) is 13.1 Å². The number of thiazole rings is 1. The zero-order valence-corrected chi connectivity index (χ0v) is 19.4. The summed E-state index contributed by atoms with van der Waals surface area (Å²) < 4.78 is 31.0. The second kappa shape index (κ2) is 8.59. The zero-order chi connectivity index (χ0) is 22.2. The largest absolute Gasteiger partial charge is 0.308 e. The van der Waals surface area contributed by atoms with Crippen LogP contribution in [0.4, 0.5) is 0 Å². The van der Waals surface area contributed by atoms with Gasteiger partial charge in [0.15, 0.2) is 0 Å². The van der Waals surface area contributed by atoms with Gasteiger partial charge in [-0.05, 0) is 60.9 Å². The Morgan fingerprint density at radius 1 is 1.06 bits per heavy atom. The summed E-state index contributed by atoms with van der Waals surface area (Å²) in [5, 5.41) is 0.633. The molecule has 1 atom stereocenters. The van der Waals surface area contributed by atoms with Crippen molar-refractivity contribution in [3.8, 4) is 0 Å². The maximum absolute atomic E-state index is 13.0. The molecule has 160 valence electrons.